The van der Waals surface area contributed by atoms with Crippen LogP contribution in [0.25, 0.3) is 0 Å². The van der Waals surface area contributed by atoms with Crippen molar-refractivity contribution in [2.75, 3.05) is 34.2 Å². The molecular weight excluding hydrogens is 393 g/mol. The summed E-state index contributed by atoms with van der Waals surface area (Å²) < 4.78 is 2.08. The van der Waals surface area contributed by atoms with Crippen LogP contribution in [0, 0.1) is 0 Å². The van der Waals surface area contributed by atoms with Gasteiger partial charge in [-0.1, -0.05) is 6.92 Å². The first-order chi connectivity index (χ1) is 9.95. The van der Waals surface area contributed by atoms with Gasteiger partial charge in [-0.05, 0) is 18.6 Å². The van der Waals surface area contributed by atoms with Crippen molar-refractivity contribution in [1.29, 1.82) is 0 Å². The fourth-order valence-corrected chi connectivity index (χ4v) is 1.81. The second-order valence-electron chi connectivity index (χ2n) is 5.32. The van der Waals surface area contributed by atoms with Gasteiger partial charge in [0.15, 0.2) is 5.96 Å². The number of carbonyl (C=O) groups is 1. The van der Waals surface area contributed by atoms with Gasteiger partial charge in [-0.15, -0.1) is 24.0 Å². The van der Waals surface area contributed by atoms with E-state index in [1.165, 1.54) is 5.69 Å². The Morgan fingerprint density at radius 2 is 2.05 bits per heavy atom. The number of rotatable bonds is 6. The predicted octanol–water partition coefficient (Wildman–Crippen LogP) is 1.52. The number of nitrogens with zero attached hydrogens (tertiary/aromatic N) is 4. The van der Waals surface area contributed by atoms with E-state index < -0.39 is 0 Å². The van der Waals surface area contributed by atoms with Crippen LogP contribution in [-0.2, 0) is 18.4 Å². The largest absolute Gasteiger partial charge is 0.356 e. The SMILES string of the molecule is CCCNC(=NCC(=O)N(C)C)N(C)Cc1cccn1C.I. The fraction of sp³-hybridized carbons (Fsp3) is 0.600. The lowest BCUT2D eigenvalue weighted by Gasteiger charge is -2.23. The number of hydrogen-bond acceptors (Lipinski definition) is 2. The number of nitrogens with one attached hydrogen (secondary N) is 1. The van der Waals surface area contributed by atoms with Crippen molar-refractivity contribution in [3.8, 4) is 0 Å². The third-order valence-electron chi connectivity index (χ3n) is 3.21. The second-order valence-corrected chi connectivity index (χ2v) is 5.32. The molecular formula is C15H28IN5O. The molecule has 0 fully saturated rings. The Balaban J connectivity index is 0.00000441. The minimum absolute atomic E-state index is 0. The topological polar surface area (TPSA) is 52.9 Å². The van der Waals surface area contributed by atoms with E-state index in [1.807, 2.05) is 31.3 Å². The average molecular weight is 421 g/mol. The molecule has 1 heterocycles. The maximum Gasteiger partial charge on any atom is 0.243 e. The van der Waals surface area contributed by atoms with Gasteiger partial charge < -0.3 is 19.7 Å². The summed E-state index contributed by atoms with van der Waals surface area (Å²) in [4.78, 5) is 19.7. The maximum absolute atomic E-state index is 11.7. The highest BCUT2D eigenvalue weighted by atomic mass is 127. The van der Waals surface area contributed by atoms with E-state index in [2.05, 4.69) is 27.9 Å². The van der Waals surface area contributed by atoms with Crippen LogP contribution in [0.3, 0.4) is 0 Å². The molecule has 126 valence electrons. The molecule has 1 amide bonds. The molecule has 0 spiro atoms. The summed E-state index contributed by atoms with van der Waals surface area (Å²) in [6.07, 6.45) is 3.04. The average Bonchev–Trinajstić information content (AvgIpc) is 2.83. The number of hydrogen-bond donors (Lipinski definition) is 1. The number of aryl methyl sites for hydroxylation is 1. The minimum atomic E-state index is -0.00179. The number of aromatic nitrogens is 1. The number of aliphatic imine (C=N–C) groups is 1. The van der Waals surface area contributed by atoms with Crippen molar-refractivity contribution < 1.29 is 4.79 Å². The molecule has 6 nitrogen and oxygen atoms in total. The lowest BCUT2D eigenvalue weighted by Crippen LogP contribution is -2.40. The Kier molecular flexibility index (Phi) is 9.88. The Morgan fingerprint density at radius 1 is 1.36 bits per heavy atom. The van der Waals surface area contributed by atoms with Crippen molar-refractivity contribution in [1.82, 2.24) is 19.7 Å². The molecule has 0 aliphatic heterocycles. The molecule has 0 atom stereocenters. The smallest absolute Gasteiger partial charge is 0.243 e. The van der Waals surface area contributed by atoms with Gasteiger partial charge in [-0.3, -0.25) is 4.79 Å². The third kappa shape index (κ3) is 6.67. The van der Waals surface area contributed by atoms with Crippen molar-refractivity contribution in [3.05, 3.63) is 24.0 Å². The molecule has 0 saturated heterocycles. The monoisotopic (exact) mass is 421 g/mol. The van der Waals surface area contributed by atoms with Gasteiger partial charge >= 0.3 is 0 Å². The first-order valence-electron chi connectivity index (χ1n) is 7.25. The number of amides is 1. The second kappa shape index (κ2) is 10.5. The van der Waals surface area contributed by atoms with E-state index >= 15 is 0 Å². The minimum Gasteiger partial charge on any atom is -0.356 e. The molecule has 1 aromatic rings. The summed E-state index contributed by atoms with van der Waals surface area (Å²) in [5, 5.41) is 3.29. The van der Waals surface area contributed by atoms with Crippen LogP contribution in [-0.4, -0.2) is 60.5 Å². The van der Waals surface area contributed by atoms with Crippen LogP contribution >= 0.6 is 24.0 Å². The molecule has 1 rings (SSSR count). The van der Waals surface area contributed by atoms with Crippen LogP contribution < -0.4 is 5.32 Å². The van der Waals surface area contributed by atoms with Gasteiger partial charge in [0.25, 0.3) is 0 Å². The van der Waals surface area contributed by atoms with Gasteiger partial charge in [-0.2, -0.15) is 0 Å². The molecule has 0 aliphatic carbocycles. The van der Waals surface area contributed by atoms with Gasteiger partial charge in [0.1, 0.15) is 6.54 Å². The number of likely N-dealkylation sites (N-methyl/N-ethyl adjacent to an activating group) is 1. The van der Waals surface area contributed by atoms with Crippen molar-refractivity contribution in [2.45, 2.75) is 19.9 Å². The molecule has 0 aliphatic rings. The molecule has 0 radical (unpaired) electrons. The number of guanidine groups is 1. The summed E-state index contributed by atoms with van der Waals surface area (Å²) in [6, 6.07) is 4.11. The molecule has 0 bridgehead atoms. The van der Waals surface area contributed by atoms with E-state index in [0.717, 1.165) is 25.5 Å². The molecule has 7 heteroatoms. The van der Waals surface area contributed by atoms with E-state index in [0.29, 0.717) is 0 Å². The van der Waals surface area contributed by atoms with Gasteiger partial charge in [-0.25, -0.2) is 4.99 Å². The molecule has 1 aromatic heterocycles. The summed E-state index contributed by atoms with van der Waals surface area (Å²) in [5.74, 6) is 0.756. The number of carbonyl (C=O) groups excluding carboxylic acids is 1. The predicted molar refractivity (Wildman–Crippen MR) is 102 cm³/mol. The maximum atomic E-state index is 11.7. The van der Waals surface area contributed by atoms with Crippen LogP contribution in [0.5, 0.6) is 0 Å². The summed E-state index contributed by atoms with van der Waals surface area (Å²) in [5.41, 5.74) is 1.20. The third-order valence-corrected chi connectivity index (χ3v) is 3.21. The molecule has 22 heavy (non-hydrogen) atoms. The van der Waals surface area contributed by atoms with Crippen LogP contribution in [0.15, 0.2) is 23.3 Å². The Labute approximate surface area is 150 Å². The van der Waals surface area contributed by atoms with E-state index in [-0.39, 0.29) is 36.4 Å². The van der Waals surface area contributed by atoms with Crippen LogP contribution in [0.2, 0.25) is 0 Å². The van der Waals surface area contributed by atoms with E-state index in [4.69, 9.17) is 0 Å². The summed E-state index contributed by atoms with van der Waals surface area (Å²) in [6.45, 7) is 3.85. The summed E-state index contributed by atoms with van der Waals surface area (Å²) in [7, 11) is 7.49. The van der Waals surface area contributed by atoms with Crippen LogP contribution in [0.4, 0.5) is 0 Å². The molecule has 0 aromatic carbocycles. The standard InChI is InChI=1S/C15H27N5O.HI/c1-6-9-16-15(17-11-14(21)18(2)3)20(5)12-13-8-7-10-19(13)4;/h7-8,10H,6,9,11-12H2,1-5H3,(H,16,17);1H. The first kappa shape index (κ1) is 20.8. The molecule has 0 saturated carbocycles. The zero-order chi connectivity index (χ0) is 15.8. The highest BCUT2D eigenvalue weighted by Gasteiger charge is 2.10. The van der Waals surface area contributed by atoms with Crippen molar-refractivity contribution in [3.63, 3.8) is 0 Å². The zero-order valence-electron chi connectivity index (χ0n) is 14.2. The Morgan fingerprint density at radius 3 is 2.55 bits per heavy atom. The zero-order valence-corrected chi connectivity index (χ0v) is 16.5. The quantitative estimate of drug-likeness (QED) is 0.431. The van der Waals surface area contributed by atoms with Crippen molar-refractivity contribution in [2.24, 2.45) is 12.0 Å². The highest BCUT2D eigenvalue weighted by molar-refractivity contribution is 14.0. The van der Waals surface area contributed by atoms with Crippen LogP contribution in [0.1, 0.15) is 19.0 Å². The first-order valence-corrected chi connectivity index (χ1v) is 7.25. The number of halogens is 1. The van der Waals surface area contributed by atoms with E-state index in [1.54, 1.807) is 19.0 Å². The fourth-order valence-electron chi connectivity index (χ4n) is 1.81. The van der Waals surface area contributed by atoms with Gasteiger partial charge in [0.2, 0.25) is 5.91 Å². The molecule has 1 N–H and O–H groups in total. The lowest BCUT2D eigenvalue weighted by molar-refractivity contribution is -0.127. The highest BCUT2D eigenvalue weighted by Crippen LogP contribution is 2.03. The molecule has 0 unspecified atom stereocenters. The summed E-state index contributed by atoms with van der Waals surface area (Å²) >= 11 is 0. The van der Waals surface area contributed by atoms with Gasteiger partial charge in [0.05, 0.1) is 6.54 Å². The Bertz CT molecular complexity index is 484. The lowest BCUT2D eigenvalue weighted by atomic mass is 10.4. The Hall–Kier alpha value is -1.25. The normalized spacial score (nSPS) is 10.9. The van der Waals surface area contributed by atoms with Gasteiger partial charge in [0, 0.05) is 46.6 Å². The van der Waals surface area contributed by atoms with E-state index in [9.17, 15) is 4.79 Å². The van der Waals surface area contributed by atoms with Crippen molar-refractivity contribution >= 4 is 35.8 Å².